The summed E-state index contributed by atoms with van der Waals surface area (Å²) < 4.78 is 18.9. The summed E-state index contributed by atoms with van der Waals surface area (Å²) >= 11 is 0. The van der Waals surface area contributed by atoms with Crippen LogP contribution in [0.3, 0.4) is 0 Å². The summed E-state index contributed by atoms with van der Waals surface area (Å²) in [5.74, 6) is -0.707. The smallest absolute Gasteiger partial charge is 0.257 e. The SMILES string of the molecule is CC(CNC(=O)COc1ccccc1F)(c1ccccc1)c1ccccc1. The molecule has 3 nitrogen and oxygen atoms in total. The zero-order chi connectivity index (χ0) is 19.1. The van der Waals surface area contributed by atoms with E-state index >= 15 is 0 Å². The van der Waals surface area contributed by atoms with Crippen molar-refractivity contribution in [1.29, 1.82) is 0 Å². The summed E-state index contributed by atoms with van der Waals surface area (Å²) in [5, 5.41) is 2.92. The molecule has 0 saturated heterocycles. The van der Waals surface area contributed by atoms with Crippen molar-refractivity contribution in [1.82, 2.24) is 5.32 Å². The van der Waals surface area contributed by atoms with Gasteiger partial charge >= 0.3 is 0 Å². The Hall–Kier alpha value is -3.14. The first-order valence-corrected chi connectivity index (χ1v) is 8.85. The summed E-state index contributed by atoms with van der Waals surface area (Å²) in [7, 11) is 0. The van der Waals surface area contributed by atoms with E-state index in [0.717, 1.165) is 11.1 Å². The maximum atomic E-state index is 13.6. The van der Waals surface area contributed by atoms with Crippen LogP contribution in [0.1, 0.15) is 18.1 Å². The lowest BCUT2D eigenvalue weighted by Crippen LogP contribution is -2.41. The fourth-order valence-corrected chi connectivity index (χ4v) is 3.01. The number of benzene rings is 3. The maximum absolute atomic E-state index is 13.6. The number of hydrogen-bond acceptors (Lipinski definition) is 2. The van der Waals surface area contributed by atoms with Gasteiger partial charge in [-0.25, -0.2) is 4.39 Å². The van der Waals surface area contributed by atoms with Crippen LogP contribution in [0.5, 0.6) is 5.75 Å². The molecule has 1 amide bonds. The molecule has 27 heavy (non-hydrogen) atoms. The molecular weight excluding hydrogens is 341 g/mol. The van der Waals surface area contributed by atoms with E-state index in [2.05, 4.69) is 36.5 Å². The number of nitrogens with one attached hydrogen (secondary N) is 1. The van der Waals surface area contributed by atoms with Crippen LogP contribution in [0.4, 0.5) is 4.39 Å². The molecule has 3 rings (SSSR count). The van der Waals surface area contributed by atoms with Gasteiger partial charge in [-0.15, -0.1) is 0 Å². The molecule has 0 aliphatic rings. The number of para-hydroxylation sites is 1. The molecule has 1 N–H and O–H groups in total. The van der Waals surface area contributed by atoms with Crippen LogP contribution in [-0.2, 0) is 10.2 Å². The van der Waals surface area contributed by atoms with Crippen LogP contribution in [0.25, 0.3) is 0 Å². The minimum atomic E-state index is -0.483. The zero-order valence-electron chi connectivity index (χ0n) is 15.2. The number of carbonyl (C=O) groups is 1. The van der Waals surface area contributed by atoms with Gasteiger partial charge in [-0.3, -0.25) is 4.79 Å². The molecule has 0 unspecified atom stereocenters. The lowest BCUT2D eigenvalue weighted by Gasteiger charge is -2.31. The highest BCUT2D eigenvalue weighted by Crippen LogP contribution is 2.31. The molecule has 3 aromatic rings. The van der Waals surface area contributed by atoms with Gasteiger partial charge in [-0.05, 0) is 30.2 Å². The highest BCUT2D eigenvalue weighted by Gasteiger charge is 2.29. The van der Waals surface area contributed by atoms with Gasteiger partial charge in [0.05, 0.1) is 0 Å². The van der Waals surface area contributed by atoms with Crippen LogP contribution >= 0.6 is 0 Å². The normalized spacial score (nSPS) is 11.0. The van der Waals surface area contributed by atoms with Gasteiger partial charge in [0.2, 0.25) is 0 Å². The second kappa shape index (κ2) is 8.49. The average molecular weight is 363 g/mol. The van der Waals surface area contributed by atoms with E-state index in [1.165, 1.54) is 12.1 Å². The lowest BCUT2D eigenvalue weighted by molar-refractivity contribution is -0.123. The number of hydrogen-bond donors (Lipinski definition) is 1. The lowest BCUT2D eigenvalue weighted by atomic mass is 9.76. The molecule has 4 heteroatoms. The van der Waals surface area contributed by atoms with Crippen LogP contribution in [-0.4, -0.2) is 19.1 Å². The maximum Gasteiger partial charge on any atom is 0.257 e. The van der Waals surface area contributed by atoms with Crippen LogP contribution < -0.4 is 10.1 Å². The molecule has 0 atom stereocenters. The molecule has 138 valence electrons. The van der Waals surface area contributed by atoms with Crippen molar-refractivity contribution in [3.05, 3.63) is 102 Å². The highest BCUT2D eigenvalue weighted by atomic mass is 19.1. The molecule has 0 saturated carbocycles. The van der Waals surface area contributed by atoms with E-state index in [-0.39, 0.29) is 18.3 Å². The third-order valence-corrected chi connectivity index (χ3v) is 4.66. The van der Waals surface area contributed by atoms with Crippen molar-refractivity contribution in [2.24, 2.45) is 0 Å². The molecule has 0 aliphatic heterocycles. The summed E-state index contributed by atoms with van der Waals surface area (Å²) in [6.07, 6.45) is 0. The average Bonchev–Trinajstić information content (AvgIpc) is 2.72. The Bertz CT molecular complexity index is 842. The molecule has 0 aliphatic carbocycles. The van der Waals surface area contributed by atoms with Crippen molar-refractivity contribution >= 4 is 5.91 Å². The first-order chi connectivity index (χ1) is 13.1. The molecule has 0 radical (unpaired) electrons. The second-order valence-electron chi connectivity index (χ2n) is 6.56. The Labute approximate surface area is 158 Å². The van der Waals surface area contributed by atoms with Gasteiger partial charge in [0, 0.05) is 12.0 Å². The van der Waals surface area contributed by atoms with Crippen molar-refractivity contribution in [3.63, 3.8) is 0 Å². The van der Waals surface area contributed by atoms with Gasteiger partial charge < -0.3 is 10.1 Å². The van der Waals surface area contributed by atoms with Crippen molar-refractivity contribution in [2.45, 2.75) is 12.3 Å². The minimum absolute atomic E-state index is 0.0709. The Morgan fingerprint density at radius 2 is 1.41 bits per heavy atom. The third-order valence-electron chi connectivity index (χ3n) is 4.66. The van der Waals surface area contributed by atoms with E-state index in [1.54, 1.807) is 12.1 Å². The number of ether oxygens (including phenoxy) is 1. The summed E-state index contributed by atoms with van der Waals surface area (Å²) in [4.78, 5) is 12.3. The fraction of sp³-hybridized carbons (Fsp3) is 0.174. The predicted molar refractivity (Wildman–Crippen MR) is 104 cm³/mol. The van der Waals surface area contributed by atoms with Crippen LogP contribution in [0, 0.1) is 5.82 Å². The van der Waals surface area contributed by atoms with E-state index < -0.39 is 11.2 Å². The first-order valence-electron chi connectivity index (χ1n) is 8.85. The van der Waals surface area contributed by atoms with Crippen molar-refractivity contribution < 1.29 is 13.9 Å². The predicted octanol–water partition coefficient (Wildman–Crippen LogP) is 4.33. The van der Waals surface area contributed by atoms with Gasteiger partial charge in [0.25, 0.3) is 5.91 Å². The Kier molecular flexibility index (Phi) is 5.87. The second-order valence-corrected chi connectivity index (χ2v) is 6.56. The summed E-state index contributed by atoms with van der Waals surface area (Å²) in [6, 6.07) is 26.1. The van der Waals surface area contributed by atoms with Crippen LogP contribution in [0.15, 0.2) is 84.9 Å². The highest BCUT2D eigenvalue weighted by molar-refractivity contribution is 5.77. The zero-order valence-corrected chi connectivity index (χ0v) is 15.2. The number of rotatable bonds is 7. The Morgan fingerprint density at radius 1 is 0.889 bits per heavy atom. The van der Waals surface area contributed by atoms with Crippen molar-refractivity contribution in [2.75, 3.05) is 13.2 Å². The van der Waals surface area contributed by atoms with E-state index in [4.69, 9.17) is 4.74 Å². The number of carbonyl (C=O) groups excluding carboxylic acids is 1. The quantitative estimate of drug-likeness (QED) is 0.679. The topological polar surface area (TPSA) is 38.3 Å². The monoisotopic (exact) mass is 363 g/mol. The molecule has 0 heterocycles. The van der Waals surface area contributed by atoms with Crippen molar-refractivity contribution in [3.8, 4) is 5.75 Å². The van der Waals surface area contributed by atoms with Crippen LogP contribution in [0.2, 0.25) is 0 Å². The van der Waals surface area contributed by atoms with Gasteiger partial charge in [0.15, 0.2) is 18.2 Å². The summed E-state index contributed by atoms with van der Waals surface area (Å²) in [5.41, 5.74) is 1.81. The minimum Gasteiger partial charge on any atom is -0.481 e. The Morgan fingerprint density at radius 3 is 1.96 bits per heavy atom. The summed E-state index contributed by atoms with van der Waals surface area (Å²) in [6.45, 7) is 2.26. The van der Waals surface area contributed by atoms with Gasteiger partial charge in [-0.2, -0.15) is 0 Å². The number of halogens is 1. The Balaban J connectivity index is 1.70. The number of amides is 1. The largest absolute Gasteiger partial charge is 0.481 e. The molecular formula is C23H22FNO2. The molecule has 0 aromatic heterocycles. The molecule has 0 bridgehead atoms. The molecule has 3 aromatic carbocycles. The van der Waals surface area contributed by atoms with Gasteiger partial charge in [0.1, 0.15) is 0 Å². The van der Waals surface area contributed by atoms with E-state index in [0.29, 0.717) is 6.54 Å². The fourth-order valence-electron chi connectivity index (χ4n) is 3.01. The molecule has 0 fully saturated rings. The molecule has 0 spiro atoms. The standard InChI is InChI=1S/C23H22FNO2/c1-23(18-10-4-2-5-11-18,19-12-6-3-7-13-19)17-25-22(26)16-27-21-15-9-8-14-20(21)24/h2-15H,16-17H2,1H3,(H,25,26). The third kappa shape index (κ3) is 4.53. The van der Waals surface area contributed by atoms with Gasteiger partial charge in [-0.1, -0.05) is 72.8 Å². The van der Waals surface area contributed by atoms with E-state index in [9.17, 15) is 9.18 Å². The first kappa shape index (κ1) is 18.6. The van der Waals surface area contributed by atoms with E-state index in [1.807, 2.05) is 36.4 Å².